The fourth-order valence-electron chi connectivity index (χ4n) is 3.07. The number of fused-ring (bicyclic) bond motifs is 1. The number of hydrogen-bond acceptors (Lipinski definition) is 4. The van der Waals surface area contributed by atoms with E-state index in [-0.39, 0.29) is 11.7 Å². The second-order valence-electron chi connectivity index (χ2n) is 6.96. The number of carbonyl (C=O) groups is 1. The summed E-state index contributed by atoms with van der Waals surface area (Å²) in [6.45, 7) is 2.47. The van der Waals surface area contributed by atoms with E-state index >= 15 is 0 Å². The summed E-state index contributed by atoms with van der Waals surface area (Å²) in [5, 5.41) is 0.532. The topological polar surface area (TPSA) is 33.2 Å². The molecule has 0 bridgehead atoms. The minimum absolute atomic E-state index is 0.0158. The zero-order valence-electron chi connectivity index (χ0n) is 16.5. The van der Waals surface area contributed by atoms with Crippen LogP contribution in [0.15, 0.2) is 77.7 Å². The lowest BCUT2D eigenvalue weighted by Crippen LogP contribution is -2.30. The summed E-state index contributed by atoms with van der Waals surface area (Å²) in [7, 11) is 0. The standard InChI is InChI=1S/C24H21FN2OS2/c1-17-10-12-19(13-11-17)29-15-14-22(28)27(16-18-6-3-2-4-7-18)24-26-23-20(25)8-5-9-21(23)30-24/h2-13H,14-16H2,1H3. The number of thioether (sulfide) groups is 1. The lowest BCUT2D eigenvalue weighted by molar-refractivity contribution is -0.118. The zero-order chi connectivity index (χ0) is 20.9. The molecule has 0 radical (unpaired) electrons. The van der Waals surface area contributed by atoms with Crippen molar-refractivity contribution in [3.63, 3.8) is 0 Å². The highest BCUT2D eigenvalue weighted by Crippen LogP contribution is 2.32. The summed E-state index contributed by atoms with van der Waals surface area (Å²) >= 11 is 3.01. The highest BCUT2D eigenvalue weighted by atomic mass is 32.2. The van der Waals surface area contributed by atoms with Crippen LogP contribution in [0.5, 0.6) is 0 Å². The number of benzene rings is 3. The summed E-state index contributed by atoms with van der Waals surface area (Å²) in [6.07, 6.45) is 0.379. The quantitative estimate of drug-likeness (QED) is 0.312. The van der Waals surface area contributed by atoms with Crippen LogP contribution >= 0.6 is 23.1 Å². The molecule has 1 amide bonds. The molecule has 152 valence electrons. The minimum atomic E-state index is -0.364. The molecule has 0 aliphatic heterocycles. The predicted molar refractivity (Wildman–Crippen MR) is 124 cm³/mol. The maximum absolute atomic E-state index is 14.1. The molecule has 0 atom stereocenters. The Balaban J connectivity index is 1.53. The molecule has 4 rings (SSSR count). The number of aryl methyl sites for hydroxylation is 1. The zero-order valence-corrected chi connectivity index (χ0v) is 18.2. The van der Waals surface area contributed by atoms with Crippen molar-refractivity contribution in [1.29, 1.82) is 0 Å². The first-order valence-corrected chi connectivity index (χ1v) is 11.5. The van der Waals surface area contributed by atoms with Gasteiger partial charge in [0.25, 0.3) is 0 Å². The van der Waals surface area contributed by atoms with E-state index in [4.69, 9.17) is 0 Å². The van der Waals surface area contributed by atoms with Crippen molar-refractivity contribution in [3.05, 3.63) is 89.7 Å². The second kappa shape index (κ2) is 9.41. The van der Waals surface area contributed by atoms with Gasteiger partial charge in [0, 0.05) is 17.1 Å². The Kier molecular flexibility index (Phi) is 6.45. The van der Waals surface area contributed by atoms with Gasteiger partial charge in [-0.2, -0.15) is 0 Å². The molecule has 0 aliphatic carbocycles. The summed E-state index contributed by atoms with van der Waals surface area (Å²) in [4.78, 5) is 20.4. The average molecular weight is 437 g/mol. The summed E-state index contributed by atoms with van der Waals surface area (Å²) in [6, 6.07) is 23.0. The largest absolute Gasteiger partial charge is 0.284 e. The number of rotatable bonds is 7. The third-order valence-corrected chi connectivity index (χ3v) is 6.74. The van der Waals surface area contributed by atoms with E-state index in [1.165, 1.54) is 23.0 Å². The molecular formula is C24H21FN2OS2. The Hall–Kier alpha value is -2.70. The highest BCUT2D eigenvalue weighted by molar-refractivity contribution is 7.99. The lowest BCUT2D eigenvalue weighted by Gasteiger charge is -2.20. The van der Waals surface area contributed by atoms with Crippen LogP contribution < -0.4 is 4.90 Å². The molecule has 30 heavy (non-hydrogen) atoms. The van der Waals surface area contributed by atoms with E-state index in [2.05, 4.69) is 36.2 Å². The third-order valence-electron chi connectivity index (χ3n) is 4.68. The van der Waals surface area contributed by atoms with Crippen LogP contribution in [0, 0.1) is 12.7 Å². The van der Waals surface area contributed by atoms with Gasteiger partial charge in [0.05, 0.1) is 11.2 Å². The van der Waals surface area contributed by atoms with Gasteiger partial charge in [-0.1, -0.05) is 65.4 Å². The molecule has 0 aliphatic rings. The van der Waals surface area contributed by atoms with Crippen molar-refractivity contribution in [2.24, 2.45) is 0 Å². The maximum Gasteiger partial charge on any atom is 0.229 e. The molecule has 0 saturated heterocycles. The summed E-state index contributed by atoms with van der Waals surface area (Å²) < 4.78 is 14.9. The maximum atomic E-state index is 14.1. The van der Waals surface area contributed by atoms with Gasteiger partial charge in [-0.25, -0.2) is 9.37 Å². The second-order valence-corrected chi connectivity index (χ2v) is 9.14. The fraction of sp³-hybridized carbons (Fsp3) is 0.167. The number of carbonyl (C=O) groups excluding carboxylic acids is 1. The van der Waals surface area contributed by atoms with E-state index < -0.39 is 0 Å². The van der Waals surface area contributed by atoms with Crippen LogP contribution in [0.1, 0.15) is 17.5 Å². The van der Waals surface area contributed by atoms with Crippen molar-refractivity contribution >= 4 is 44.4 Å². The number of anilines is 1. The number of aromatic nitrogens is 1. The molecule has 4 aromatic rings. The molecule has 0 unspecified atom stereocenters. The Morgan fingerprint density at radius 2 is 1.80 bits per heavy atom. The lowest BCUT2D eigenvalue weighted by atomic mass is 10.2. The number of amides is 1. The molecule has 0 saturated carbocycles. The van der Waals surface area contributed by atoms with Crippen LogP contribution in [0.2, 0.25) is 0 Å². The first-order valence-electron chi connectivity index (χ1n) is 9.69. The molecule has 0 spiro atoms. The molecule has 3 nitrogen and oxygen atoms in total. The van der Waals surface area contributed by atoms with E-state index in [0.29, 0.717) is 29.4 Å². The van der Waals surface area contributed by atoms with Crippen LogP contribution in [0.3, 0.4) is 0 Å². The third kappa shape index (κ3) is 4.89. The number of hydrogen-bond donors (Lipinski definition) is 0. The van der Waals surface area contributed by atoms with Gasteiger partial charge in [-0.15, -0.1) is 11.8 Å². The Morgan fingerprint density at radius 3 is 2.53 bits per heavy atom. The van der Waals surface area contributed by atoms with E-state index in [1.54, 1.807) is 22.7 Å². The van der Waals surface area contributed by atoms with Gasteiger partial charge >= 0.3 is 0 Å². The molecule has 0 fully saturated rings. The van der Waals surface area contributed by atoms with Gasteiger partial charge < -0.3 is 0 Å². The first kappa shape index (κ1) is 20.6. The van der Waals surface area contributed by atoms with Crippen molar-refractivity contribution < 1.29 is 9.18 Å². The van der Waals surface area contributed by atoms with Crippen LogP contribution in [0.4, 0.5) is 9.52 Å². The Bertz CT molecular complexity index is 1140. The predicted octanol–water partition coefficient (Wildman–Crippen LogP) is 6.46. The normalized spacial score (nSPS) is 11.0. The Labute approximate surface area is 183 Å². The van der Waals surface area contributed by atoms with Crippen molar-refractivity contribution in [2.45, 2.75) is 24.8 Å². The highest BCUT2D eigenvalue weighted by Gasteiger charge is 2.21. The van der Waals surface area contributed by atoms with E-state index in [9.17, 15) is 9.18 Å². The van der Waals surface area contributed by atoms with Crippen molar-refractivity contribution in [1.82, 2.24) is 4.98 Å². The summed E-state index contributed by atoms with van der Waals surface area (Å²) in [5.74, 6) is 0.293. The van der Waals surface area contributed by atoms with Crippen LogP contribution in [-0.2, 0) is 11.3 Å². The van der Waals surface area contributed by atoms with Crippen molar-refractivity contribution in [2.75, 3.05) is 10.7 Å². The Morgan fingerprint density at radius 1 is 1.03 bits per heavy atom. The smallest absolute Gasteiger partial charge is 0.229 e. The molecule has 0 N–H and O–H groups in total. The molecule has 1 heterocycles. The monoisotopic (exact) mass is 436 g/mol. The molecule has 6 heteroatoms. The van der Waals surface area contributed by atoms with Gasteiger partial charge in [-0.3, -0.25) is 9.69 Å². The van der Waals surface area contributed by atoms with Gasteiger partial charge in [0.1, 0.15) is 11.3 Å². The van der Waals surface area contributed by atoms with Gasteiger partial charge in [0.15, 0.2) is 5.13 Å². The van der Waals surface area contributed by atoms with E-state index in [1.807, 2.05) is 36.4 Å². The number of thiazole rings is 1. The number of nitrogens with zero attached hydrogens (tertiary/aromatic N) is 2. The first-order chi connectivity index (χ1) is 14.6. The van der Waals surface area contributed by atoms with Gasteiger partial charge in [-0.05, 0) is 36.8 Å². The van der Waals surface area contributed by atoms with Crippen molar-refractivity contribution in [3.8, 4) is 0 Å². The molecule has 1 aromatic heterocycles. The number of para-hydroxylation sites is 1. The van der Waals surface area contributed by atoms with E-state index in [0.717, 1.165) is 15.2 Å². The molecular weight excluding hydrogens is 415 g/mol. The SMILES string of the molecule is Cc1ccc(SCCC(=O)N(Cc2ccccc2)c2nc3c(F)cccc3s2)cc1. The fourth-order valence-corrected chi connectivity index (χ4v) is 4.91. The average Bonchev–Trinajstić information content (AvgIpc) is 3.19. The number of halogens is 1. The minimum Gasteiger partial charge on any atom is -0.284 e. The van der Waals surface area contributed by atoms with Gasteiger partial charge in [0.2, 0.25) is 5.91 Å². The molecule has 3 aromatic carbocycles. The van der Waals surface area contributed by atoms with Crippen LogP contribution in [-0.4, -0.2) is 16.6 Å². The summed E-state index contributed by atoms with van der Waals surface area (Å²) in [5.41, 5.74) is 2.54. The van der Waals surface area contributed by atoms with Crippen LogP contribution in [0.25, 0.3) is 10.2 Å².